The Bertz CT molecular complexity index is 523. The van der Waals surface area contributed by atoms with Crippen LogP contribution < -0.4 is 15.5 Å². The fourth-order valence-electron chi connectivity index (χ4n) is 2.72. The molecule has 0 aliphatic carbocycles. The molecule has 112 valence electrons. The molecule has 2 saturated heterocycles. The Kier molecular flexibility index (Phi) is 3.85. The van der Waals surface area contributed by atoms with Crippen LogP contribution in [0.3, 0.4) is 0 Å². The number of urea groups is 2. The van der Waals surface area contributed by atoms with E-state index in [0.717, 1.165) is 19.4 Å². The van der Waals surface area contributed by atoms with Crippen LogP contribution in [0.2, 0.25) is 0 Å². The van der Waals surface area contributed by atoms with Crippen LogP contribution in [-0.2, 0) is 0 Å². The van der Waals surface area contributed by atoms with Gasteiger partial charge >= 0.3 is 12.1 Å². The molecule has 2 fully saturated rings. The second-order valence-corrected chi connectivity index (χ2v) is 5.11. The van der Waals surface area contributed by atoms with Gasteiger partial charge in [0, 0.05) is 44.6 Å². The van der Waals surface area contributed by atoms with Crippen LogP contribution in [-0.4, -0.2) is 59.2 Å². The molecule has 1 unspecified atom stereocenters. The maximum absolute atomic E-state index is 12.0. The second-order valence-electron chi connectivity index (χ2n) is 5.11. The third-order valence-electron chi connectivity index (χ3n) is 3.78. The fourth-order valence-corrected chi connectivity index (χ4v) is 2.72. The Morgan fingerprint density at radius 2 is 2.19 bits per heavy atom. The summed E-state index contributed by atoms with van der Waals surface area (Å²) in [7, 11) is 0. The first-order valence-corrected chi connectivity index (χ1v) is 7.12. The second kappa shape index (κ2) is 5.94. The average Bonchev–Trinajstić information content (AvgIpc) is 3.14. The Morgan fingerprint density at radius 1 is 1.38 bits per heavy atom. The first-order chi connectivity index (χ1) is 10.3. The van der Waals surface area contributed by atoms with Gasteiger partial charge in [0.15, 0.2) is 0 Å². The van der Waals surface area contributed by atoms with Crippen LogP contribution >= 0.6 is 0 Å². The monoisotopic (exact) mass is 290 g/mol. The fraction of sp³-hybridized carbons (Fsp3) is 0.538. The predicted octanol–water partition coefficient (Wildman–Crippen LogP) is 0.180. The molecule has 0 radical (unpaired) electrons. The number of nitrogens with one attached hydrogen (secondary N) is 2. The molecule has 8 nitrogen and oxygen atoms in total. The van der Waals surface area contributed by atoms with Gasteiger partial charge in [0.25, 0.3) is 0 Å². The van der Waals surface area contributed by atoms with Crippen molar-refractivity contribution >= 4 is 18.0 Å². The minimum atomic E-state index is -0.342. The van der Waals surface area contributed by atoms with Crippen molar-refractivity contribution in [2.45, 2.75) is 18.9 Å². The third-order valence-corrected chi connectivity index (χ3v) is 3.78. The topological polar surface area (TPSA) is 90.5 Å². The highest BCUT2D eigenvalue weighted by Crippen LogP contribution is 2.21. The van der Waals surface area contributed by atoms with Gasteiger partial charge in [0.1, 0.15) is 0 Å². The Hall–Kier alpha value is -2.38. The molecular formula is C13H18N6O2. The summed E-state index contributed by atoms with van der Waals surface area (Å²) in [4.78, 5) is 35.2. The van der Waals surface area contributed by atoms with Gasteiger partial charge < -0.3 is 15.5 Å². The van der Waals surface area contributed by atoms with E-state index in [9.17, 15) is 9.59 Å². The number of hydrogen-bond acceptors (Lipinski definition) is 5. The molecule has 0 aromatic carbocycles. The van der Waals surface area contributed by atoms with Crippen molar-refractivity contribution in [2.24, 2.45) is 0 Å². The molecule has 1 aromatic rings. The number of aromatic nitrogens is 2. The van der Waals surface area contributed by atoms with E-state index in [1.165, 1.54) is 4.90 Å². The van der Waals surface area contributed by atoms with Gasteiger partial charge in [0.05, 0.1) is 0 Å². The van der Waals surface area contributed by atoms with Crippen molar-refractivity contribution in [2.75, 3.05) is 31.1 Å². The third kappa shape index (κ3) is 2.88. The molecule has 2 aliphatic rings. The van der Waals surface area contributed by atoms with Crippen LogP contribution in [0.4, 0.5) is 15.5 Å². The van der Waals surface area contributed by atoms with E-state index in [4.69, 9.17) is 0 Å². The highest BCUT2D eigenvalue weighted by molar-refractivity contribution is 5.94. The maximum Gasteiger partial charge on any atom is 0.325 e. The van der Waals surface area contributed by atoms with Crippen molar-refractivity contribution < 1.29 is 9.59 Å². The molecular weight excluding hydrogens is 272 g/mol. The first kappa shape index (κ1) is 13.6. The normalized spacial score (nSPS) is 21.5. The van der Waals surface area contributed by atoms with Gasteiger partial charge in [-0.05, 0) is 18.9 Å². The molecule has 2 aliphatic heterocycles. The zero-order valence-electron chi connectivity index (χ0n) is 11.7. The van der Waals surface area contributed by atoms with Crippen LogP contribution in [0.15, 0.2) is 18.5 Å². The summed E-state index contributed by atoms with van der Waals surface area (Å²) < 4.78 is 0. The average molecular weight is 290 g/mol. The lowest BCUT2D eigenvalue weighted by atomic mass is 10.2. The van der Waals surface area contributed by atoms with E-state index in [1.54, 1.807) is 18.5 Å². The van der Waals surface area contributed by atoms with Gasteiger partial charge in [-0.1, -0.05) is 0 Å². The van der Waals surface area contributed by atoms with Crippen molar-refractivity contribution in [1.29, 1.82) is 0 Å². The van der Waals surface area contributed by atoms with E-state index in [1.807, 2.05) is 0 Å². The van der Waals surface area contributed by atoms with E-state index >= 15 is 0 Å². The molecule has 1 atom stereocenters. The zero-order valence-corrected chi connectivity index (χ0v) is 11.7. The molecule has 1 aromatic heterocycles. The van der Waals surface area contributed by atoms with Crippen molar-refractivity contribution in [3.05, 3.63) is 18.5 Å². The lowest BCUT2D eigenvalue weighted by Crippen LogP contribution is -2.47. The van der Waals surface area contributed by atoms with Gasteiger partial charge in [-0.3, -0.25) is 0 Å². The predicted molar refractivity (Wildman–Crippen MR) is 75.9 cm³/mol. The van der Waals surface area contributed by atoms with Gasteiger partial charge in [-0.2, -0.15) is 0 Å². The summed E-state index contributed by atoms with van der Waals surface area (Å²) in [5.74, 6) is 0.688. The number of hydrogen-bond donors (Lipinski definition) is 2. The number of carbonyl (C=O) groups is 2. The smallest absolute Gasteiger partial charge is 0.325 e. The van der Waals surface area contributed by atoms with Crippen molar-refractivity contribution in [1.82, 2.24) is 25.5 Å². The largest absolute Gasteiger partial charge is 0.336 e. The molecule has 3 rings (SSSR count). The number of rotatable bonds is 3. The number of imide groups is 1. The minimum Gasteiger partial charge on any atom is -0.336 e. The van der Waals surface area contributed by atoms with Gasteiger partial charge in [0.2, 0.25) is 5.95 Å². The molecule has 0 bridgehead atoms. The Balaban J connectivity index is 1.57. The van der Waals surface area contributed by atoms with E-state index < -0.39 is 0 Å². The first-order valence-electron chi connectivity index (χ1n) is 7.12. The zero-order chi connectivity index (χ0) is 14.7. The van der Waals surface area contributed by atoms with Crippen LogP contribution in [0, 0.1) is 0 Å². The number of nitrogens with zero attached hydrogens (tertiary/aromatic N) is 4. The van der Waals surface area contributed by atoms with E-state index in [-0.39, 0.29) is 18.1 Å². The van der Waals surface area contributed by atoms with E-state index in [2.05, 4.69) is 25.5 Å². The highest BCUT2D eigenvalue weighted by Gasteiger charge is 2.29. The summed E-state index contributed by atoms with van der Waals surface area (Å²) in [6, 6.07) is 1.28. The lowest BCUT2D eigenvalue weighted by Gasteiger charge is -2.25. The minimum absolute atomic E-state index is 0.169. The van der Waals surface area contributed by atoms with Gasteiger partial charge in [-0.25, -0.2) is 24.5 Å². The molecule has 0 spiro atoms. The van der Waals surface area contributed by atoms with Crippen LogP contribution in [0.5, 0.6) is 0 Å². The Morgan fingerprint density at radius 3 is 2.90 bits per heavy atom. The molecule has 0 saturated carbocycles. The number of carbonyl (C=O) groups excluding carboxylic acids is 2. The quantitative estimate of drug-likeness (QED) is 0.829. The summed E-state index contributed by atoms with van der Waals surface area (Å²) in [5.41, 5.74) is 0. The summed E-state index contributed by atoms with van der Waals surface area (Å²) in [6.07, 6.45) is 5.45. The molecule has 4 amide bonds. The van der Waals surface area contributed by atoms with E-state index in [0.29, 0.717) is 25.6 Å². The molecule has 3 heterocycles. The Labute approximate surface area is 122 Å². The summed E-state index contributed by atoms with van der Waals surface area (Å²) >= 11 is 0. The maximum atomic E-state index is 12.0. The lowest BCUT2D eigenvalue weighted by molar-refractivity contribution is 0.198. The van der Waals surface area contributed by atoms with Crippen LogP contribution in [0.25, 0.3) is 0 Å². The number of amides is 4. The standard InChI is InChI=1S/C13H18N6O2/c20-12-16-6-8-19(12)13(21)17-9-10-3-1-7-18(10)11-14-4-2-5-15-11/h2,4-5,10H,1,3,6-9H2,(H,16,20)(H,17,21). The highest BCUT2D eigenvalue weighted by atomic mass is 16.2. The molecule has 2 N–H and O–H groups in total. The summed E-state index contributed by atoms with van der Waals surface area (Å²) in [5, 5.41) is 5.43. The van der Waals surface area contributed by atoms with Crippen molar-refractivity contribution in [3.8, 4) is 0 Å². The number of anilines is 1. The summed E-state index contributed by atoms with van der Waals surface area (Å²) in [6.45, 7) is 2.30. The molecule has 8 heteroatoms. The van der Waals surface area contributed by atoms with Crippen LogP contribution in [0.1, 0.15) is 12.8 Å². The van der Waals surface area contributed by atoms with Crippen molar-refractivity contribution in [3.63, 3.8) is 0 Å². The SMILES string of the molecule is O=C1NCCN1C(=O)NCC1CCCN1c1ncccn1. The molecule has 21 heavy (non-hydrogen) atoms. The van der Waals surface area contributed by atoms with Gasteiger partial charge in [-0.15, -0.1) is 0 Å².